The summed E-state index contributed by atoms with van der Waals surface area (Å²) in [6, 6.07) is 3.82. The monoisotopic (exact) mass is 283 g/mol. The lowest BCUT2D eigenvalue weighted by Gasteiger charge is -2.37. The molecule has 110 valence electrons. The Morgan fingerprint density at radius 3 is 2.75 bits per heavy atom. The third kappa shape index (κ3) is 3.33. The van der Waals surface area contributed by atoms with Gasteiger partial charge < -0.3 is 10.4 Å². The number of halogens is 2. The normalized spacial score (nSPS) is 23.0. The summed E-state index contributed by atoms with van der Waals surface area (Å²) < 4.78 is 26.5. The Hall–Kier alpha value is -1.49. The number of aliphatic hydroxyl groups excluding tert-OH is 1. The van der Waals surface area contributed by atoms with Crippen molar-refractivity contribution < 1.29 is 18.7 Å². The molecule has 1 atom stereocenters. The zero-order valence-electron chi connectivity index (χ0n) is 11.4. The van der Waals surface area contributed by atoms with Crippen molar-refractivity contribution in [2.75, 3.05) is 0 Å². The number of carbonyl (C=O) groups is 1. The average Bonchev–Trinajstić information content (AvgIpc) is 2.38. The Bertz CT molecular complexity index is 487. The molecular formula is C15H19F2NO2. The summed E-state index contributed by atoms with van der Waals surface area (Å²) in [6.07, 6.45) is 1.69. The van der Waals surface area contributed by atoms with Gasteiger partial charge in [-0.25, -0.2) is 8.78 Å². The molecule has 20 heavy (non-hydrogen) atoms. The number of hydrogen-bond donors (Lipinski definition) is 2. The molecule has 1 fully saturated rings. The molecule has 1 amide bonds. The lowest BCUT2D eigenvalue weighted by atomic mass is 9.76. The quantitative estimate of drug-likeness (QED) is 0.870. The third-order valence-corrected chi connectivity index (χ3v) is 3.89. The van der Waals surface area contributed by atoms with Crippen LogP contribution in [0.4, 0.5) is 8.78 Å². The van der Waals surface area contributed by atoms with E-state index in [1.165, 1.54) is 12.1 Å². The summed E-state index contributed by atoms with van der Waals surface area (Å²) in [5.41, 5.74) is 0.0611. The second kappa shape index (κ2) is 6.31. The Kier molecular flexibility index (Phi) is 4.70. The minimum absolute atomic E-state index is 0.0116. The summed E-state index contributed by atoms with van der Waals surface area (Å²) in [5, 5.41) is 12.1. The molecule has 2 rings (SSSR count). The summed E-state index contributed by atoms with van der Waals surface area (Å²) in [5.74, 6) is -1.95. The largest absolute Gasteiger partial charge is 0.393 e. The van der Waals surface area contributed by atoms with Crippen molar-refractivity contribution in [3.8, 4) is 0 Å². The maximum absolute atomic E-state index is 13.5. The maximum atomic E-state index is 13.5. The second-order valence-electron chi connectivity index (χ2n) is 5.36. The molecule has 0 unspecified atom stereocenters. The van der Waals surface area contributed by atoms with E-state index < -0.39 is 11.6 Å². The van der Waals surface area contributed by atoms with Crippen LogP contribution in [0.25, 0.3) is 0 Å². The second-order valence-corrected chi connectivity index (χ2v) is 5.36. The van der Waals surface area contributed by atoms with Gasteiger partial charge in [0.2, 0.25) is 5.91 Å². The highest BCUT2D eigenvalue weighted by Crippen LogP contribution is 2.31. The molecule has 0 heterocycles. The highest BCUT2D eigenvalue weighted by molar-refractivity contribution is 5.79. The number of nitrogens with one attached hydrogen (secondary N) is 1. The van der Waals surface area contributed by atoms with E-state index >= 15 is 0 Å². The van der Waals surface area contributed by atoms with Crippen LogP contribution in [0, 0.1) is 17.6 Å². The van der Waals surface area contributed by atoms with Gasteiger partial charge >= 0.3 is 0 Å². The zero-order valence-corrected chi connectivity index (χ0v) is 11.4. The van der Waals surface area contributed by atoms with E-state index in [2.05, 4.69) is 5.32 Å². The molecule has 1 aromatic carbocycles. The maximum Gasteiger partial charge on any atom is 0.224 e. The Balaban J connectivity index is 1.93. The lowest BCUT2D eigenvalue weighted by Crippen LogP contribution is -2.47. The van der Waals surface area contributed by atoms with Gasteiger partial charge in [-0.3, -0.25) is 4.79 Å². The molecular weight excluding hydrogens is 264 g/mol. The minimum atomic E-state index is -0.963. The summed E-state index contributed by atoms with van der Waals surface area (Å²) in [6.45, 7) is 1.96. The van der Waals surface area contributed by atoms with Crippen LogP contribution in [-0.4, -0.2) is 23.2 Å². The van der Waals surface area contributed by atoms with Gasteiger partial charge in [0, 0.05) is 11.6 Å². The number of rotatable bonds is 5. The minimum Gasteiger partial charge on any atom is -0.393 e. The average molecular weight is 283 g/mol. The van der Waals surface area contributed by atoms with E-state index in [9.17, 15) is 18.7 Å². The Labute approximate surface area is 117 Å². The topological polar surface area (TPSA) is 49.3 Å². The van der Waals surface area contributed by atoms with Gasteiger partial charge in [-0.05, 0) is 31.2 Å². The van der Waals surface area contributed by atoms with E-state index in [-0.39, 0.29) is 36.0 Å². The highest BCUT2D eigenvalue weighted by Gasteiger charge is 2.33. The number of amides is 1. The first-order chi connectivity index (χ1) is 9.51. The first kappa shape index (κ1) is 14.9. The van der Waals surface area contributed by atoms with E-state index in [4.69, 9.17) is 0 Å². The number of benzene rings is 1. The van der Waals surface area contributed by atoms with E-state index in [0.717, 1.165) is 12.5 Å². The zero-order chi connectivity index (χ0) is 14.7. The smallest absolute Gasteiger partial charge is 0.224 e. The van der Waals surface area contributed by atoms with Crippen molar-refractivity contribution >= 4 is 5.91 Å². The number of carbonyl (C=O) groups excluding carboxylic acids is 1. The third-order valence-electron chi connectivity index (χ3n) is 3.89. The highest BCUT2D eigenvalue weighted by atomic mass is 19.2. The van der Waals surface area contributed by atoms with Gasteiger partial charge in [0.05, 0.1) is 12.5 Å². The molecule has 0 aliphatic heterocycles. The predicted octanol–water partition coefficient (Wildman–Crippen LogP) is 2.17. The molecule has 2 N–H and O–H groups in total. The van der Waals surface area contributed by atoms with Gasteiger partial charge in [0.15, 0.2) is 11.6 Å². The van der Waals surface area contributed by atoms with Crippen LogP contribution in [0.5, 0.6) is 0 Å². The van der Waals surface area contributed by atoms with E-state index in [0.29, 0.717) is 12.8 Å². The Morgan fingerprint density at radius 1 is 1.45 bits per heavy atom. The summed E-state index contributed by atoms with van der Waals surface area (Å²) in [4.78, 5) is 11.9. The van der Waals surface area contributed by atoms with Crippen molar-refractivity contribution in [2.45, 2.75) is 44.8 Å². The van der Waals surface area contributed by atoms with Gasteiger partial charge in [-0.1, -0.05) is 19.1 Å². The summed E-state index contributed by atoms with van der Waals surface area (Å²) >= 11 is 0. The molecule has 1 aromatic rings. The van der Waals surface area contributed by atoms with Crippen LogP contribution in [-0.2, 0) is 11.2 Å². The van der Waals surface area contributed by atoms with Gasteiger partial charge in [0.1, 0.15) is 0 Å². The lowest BCUT2D eigenvalue weighted by molar-refractivity contribution is -0.122. The molecule has 0 radical (unpaired) electrons. The number of aliphatic hydroxyl groups is 1. The SMILES string of the molecule is CC[C@@H](NC(=O)Cc1cccc(F)c1F)C1CC(O)C1. The molecule has 1 aliphatic carbocycles. The van der Waals surface area contributed by atoms with Crippen LogP contribution in [0.2, 0.25) is 0 Å². The van der Waals surface area contributed by atoms with Crippen LogP contribution >= 0.6 is 0 Å². The van der Waals surface area contributed by atoms with Crippen molar-refractivity contribution in [1.29, 1.82) is 0 Å². The van der Waals surface area contributed by atoms with Gasteiger partial charge in [-0.2, -0.15) is 0 Å². The first-order valence-corrected chi connectivity index (χ1v) is 6.91. The molecule has 1 aliphatic rings. The fourth-order valence-electron chi connectivity index (χ4n) is 2.63. The van der Waals surface area contributed by atoms with Crippen LogP contribution in [0.15, 0.2) is 18.2 Å². The fraction of sp³-hybridized carbons (Fsp3) is 0.533. The molecule has 0 spiro atoms. The first-order valence-electron chi connectivity index (χ1n) is 6.91. The van der Waals surface area contributed by atoms with Gasteiger partial charge in [-0.15, -0.1) is 0 Å². The molecule has 0 bridgehead atoms. The van der Waals surface area contributed by atoms with Crippen molar-refractivity contribution in [3.05, 3.63) is 35.4 Å². The van der Waals surface area contributed by atoms with Crippen molar-refractivity contribution in [2.24, 2.45) is 5.92 Å². The molecule has 5 heteroatoms. The fourth-order valence-corrected chi connectivity index (χ4v) is 2.63. The van der Waals surface area contributed by atoms with E-state index in [1.807, 2.05) is 6.92 Å². The molecule has 0 aromatic heterocycles. The van der Waals surface area contributed by atoms with Crippen molar-refractivity contribution in [3.63, 3.8) is 0 Å². The Morgan fingerprint density at radius 2 is 2.15 bits per heavy atom. The van der Waals surface area contributed by atoms with Crippen LogP contribution in [0.1, 0.15) is 31.7 Å². The molecule has 3 nitrogen and oxygen atoms in total. The summed E-state index contributed by atoms with van der Waals surface area (Å²) in [7, 11) is 0. The molecule has 0 saturated heterocycles. The predicted molar refractivity (Wildman–Crippen MR) is 71.0 cm³/mol. The van der Waals surface area contributed by atoms with Crippen LogP contribution in [0.3, 0.4) is 0 Å². The van der Waals surface area contributed by atoms with E-state index in [1.54, 1.807) is 0 Å². The van der Waals surface area contributed by atoms with Crippen molar-refractivity contribution in [1.82, 2.24) is 5.32 Å². The standard InChI is InChI=1S/C15H19F2NO2/c1-2-13(10-6-11(19)7-10)18-14(20)8-9-4-3-5-12(16)15(9)17/h3-5,10-11,13,19H,2,6-8H2,1H3,(H,18,20)/t10?,11?,13-/m1/s1. The van der Waals surface area contributed by atoms with Gasteiger partial charge in [0.25, 0.3) is 0 Å². The number of hydrogen-bond acceptors (Lipinski definition) is 2. The molecule has 1 saturated carbocycles. The van der Waals surface area contributed by atoms with Crippen LogP contribution < -0.4 is 5.32 Å².